The average Bonchev–Trinajstić information content (AvgIpc) is 3.11. The van der Waals surface area contributed by atoms with Gasteiger partial charge in [-0.3, -0.25) is 4.79 Å². The monoisotopic (exact) mass is 413 g/mol. The number of carbonyl (C=O) groups is 2. The lowest BCUT2D eigenvalue weighted by Crippen LogP contribution is -2.32. The normalized spacial score (nSPS) is 22.8. The highest BCUT2D eigenvalue weighted by Crippen LogP contribution is 2.41. The van der Waals surface area contributed by atoms with Crippen molar-refractivity contribution >= 4 is 29.3 Å². The molecular formula is C24H31NO3S. The van der Waals surface area contributed by atoms with E-state index in [1.54, 1.807) is 4.90 Å². The van der Waals surface area contributed by atoms with E-state index in [2.05, 4.69) is 18.8 Å². The lowest BCUT2D eigenvalue weighted by atomic mass is 9.75. The van der Waals surface area contributed by atoms with Crippen LogP contribution in [0.15, 0.2) is 11.6 Å². The molecule has 1 amide bonds. The summed E-state index contributed by atoms with van der Waals surface area (Å²) in [5.74, 6) is 6.72. The van der Waals surface area contributed by atoms with Gasteiger partial charge in [-0.25, -0.2) is 4.79 Å². The van der Waals surface area contributed by atoms with Crippen LogP contribution in [-0.2, 0) is 4.79 Å². The molecule has 1 fully saturated rings. The Balaban J connectivity index is 2.07. The molecule has 2 heterocycles. The van der Waals surface area contributed by atoms with E-state index in [-0.39, 0.29) is 5.41 Å². The Hall–Kier alpha value is -2.06. The first-order valence-electron chi connectivity index (χ1n) is 10.5. The lowest BCUT2D eigenvalue weighted by molar-refractivity contribution is -0.117. The van der Waals surface area contributed by atoms with E-state index in [1.165, 1.54) is 29.8 Å². The molecule has 1 N–H and O–H groups in total. The second-order valence-corrected chi connectivity index (χ2v) is 10.5. The minimum Gasteiger partial charge on any atom is -0.477 e. The van der Waals surface area contributed by atoms with Crippen LogP contribution in [0.4, 0.5) is 0 Å². The van der Waals surface area contributed by atoms with Crippen LogP contribution >= 0.6 is 11.3 Å². The van der Waals surface area contributed by atoms with E-state index >= 15 is 0 Å². The van der Waals surface area contributed by atoms with Crippen LogP contribution in [0.1, 0.15) is 79.9 Å². The minimum absolute atomic E-state index is 0.143. The highest BCUT2D eigenvalue weighted by Gasteiger charge is 2.30. The molecule has 2 aliphatic rings. The van der Waals surface area contributed by atoms with Gasteiger partial charge in [0.2, 0.25) is 6.41 Å². The van der Waals surface area contributed by atoms with Gasteiger partial charge in [-0.2, -0.15) is 0 Å². The van der Waals surface area contributed by atoms with Gasteiger partial charge in [0.15, 0.2) is 0 Å². The Kier molecular flexibility index (Phi) is 6.53. The Labute approximate surface area is 178 Å². The molecule has 0 saturated heterocycles. The van der Waals surface area contributed by atoms with E-state index in [4.69, 9.17) is 0 Å². The number of hydrogen-bond donors (Lipinski definition) is 1. The molecule has 4 nitrogen and oxygen atoms in total. The zero-order valence-electron chi connectivity index (χ0n) is 17.9. The van der Waals surface area contributed by atoms with Crippen LogP contribution < -0.4 is 0 Å². The molecule has 29 heavy (non-hydrogen) atoms. The number of aromatic carboxylic acids is 1. The molecule has 0 unspecified atom stereocenters. The minimum atomic E-state index is -0.916. The predicted octanol–water partition coefficient (Wildman–Crippen LogP) is 5.29. The fourth-order valence-electron chi connectivity index (χ4n) is 4.29. The molecule has 0 bridgehead atoms. The number of thiophene rings is 1. The summed E-state index contributed by atoms with van der Waals surface area (Å²) in [7, 11) is 0. The fraction of sp³-hybridized carbons (Fsp3) is 0.583. The van der Waals surface area contributed by atoms with Crippen molar-refractivity contribution in [2.75, 3.05) is 13.1 Å². The summed E-state index contributed by atoms with van der Waals surface area (Å²) in [4.78, 5) is 26.4. The van der Waals surface area contributed by atoms with Gasteiger partial charge in [0, 0.05) is 24.1 Å². The maximum Gasteiger partial charge on any atom is 0.346 e. The number of carboxylic acid groups (broad SMARTS) is 1. The second-order valence-electron chi connectivity index (χ2n) is 9.45. The summed E-state index contributed by atoms with van der Waals surface area (Å²) in [6.45, 7) is 9.65. The van der Waals surface area contributed by atoms with Gasteiger partial charge in [0.25, 0.3) is 0 Å². The molecule has 1 aliphatic heterocycles. The fourth-order valence-corrected chi connectivity index (χ4v) is 5.17. The van der Waals surface area contributed by atoms with Crippen molar-refractivity contribution in [3.05, 3.63) is 27.0 Å². The smallest absolute Gasteiger partial charge is 0.346 e. The van der Waals surface area contributed by atoms with Gasteiger partial charge in [-0.05, 0) is 63.5 Å². The number of hydrogen-bond acceptors (Lipinski definition) is 3. The average molecular weight is 414 g/mol. The maximum atomic E-state index is 12.0. The van der Waals surface area contributed by atoms with Gasteiger partial charge in [0.1, 0.15) is 4.88 Å². The zero-order valence-corrected chi connectivity index (χ0v) is 18.7. The van der Waals surface area contributed by atoms with Crippen molar-refractivity contribution in [2.24, 2.45) is 17.3 Å². The van der Waals surface area contributed by atoms with Crippen molar-refractivity contribution < 1.29 is 14.7 Å². The molecule has 0 aromatic carbocycles. The largest absolute Gasteiger partial charge is 0.477 e. The number of amides is 1. The van der Waals surface area contributed by atoms with Gasteiger partial charge in [-0.15, -0.1) is 11.3 Å². The quantitative estimate of drug-likeness (QED) is 0.539. The van der Waals surface area contributed by atoms with E-state index in [1.807, 2.05) is 26.8 Å². The molecule has 1 aromatic rings. The maximum absolute atomic E-state index is 12.0. The van der Waals surface area contributed by atoms with Crippen molar-refractivity contribution in [3.8, 4) is 11.8 Å². The first-order chi connectivity index (χ1) is 13.7. The van der Waals surface area contributed by atoms with Crippen LogP contribution in [0.5, 0.6) is 0 Å². The molecule has 5 heteroatoms. The molecule has 156 valence electrons. The number of carbonyl (C=O) groups excluding carboxylic acids is 1. The highest BCUT2D eigenvalue weighted by atomic mass is 32.1. The third kappa shape index (κ3) is 5.30. The molecule has 0 spiro atoms. The number of rotatable bonds is 4. The first kappa shape index (κ1) is 21.6. The molecule has 0 radical (unpaired) electrons. The van der Waals surface area contributed by atoms with Crippen molar-refractivity contribution in [3.63, 3.8) is 0 Å². The Bertz CT molecular complexity index is 870. The molecule has 1 aliphatic carbocycles. The van der Waals surface area contributed by atoms with E-state index in [0.717, 1.165) is 54.1 Å². The van der Waals surface area contributed by atoms with Gasteiger partial charge in [0.05, 0.1) is 4.88 Å². The second kappa shape index (κ2) is 8.75. The molecular weight excluding hydrogens is 382 g/mol. The van der Waals surface area contributed by atoms with Crippen LogP contribution in [0.25, 0.3) is 5.57 Å². The van der Waals surface area contributed by atoms with E-state index in [0.29, 0.717) is 17.3 Å². The van der Waals surface area contributed by atoms with Gasteiger partial charge >= 0.3 is 5.97 Å². The topological polar surface area (TPSA) is 57.6 Å². The standard InChI is InChI=1S/C24H31NO3S/c1-16-5-7-17(8-6-16)19-10-12-25(15-26)14-21(19)20-13-18(9-11-24(2,3)4)29-22(20)23(27)28/h13,15-17H,5-8,10,12,14H2,1-4H3,(H,27,28). The van der Waals surface area contributed by atoms with Gasteiger partial charge < -0.3 is 10.0 Å². The lowest BCUT2D eigenvalue weighted by Gasteiger charge is -2.35. The van der Waals surface area contributed by atoms with Crippen molar-refractivity contribution in [2.45, 2.75) is 59.8 Å². The van der Waals surface area contributed by atoms with Crippen molar-refractivity contribution in [1.29, 1.82) is 0 Å². The Morgan fingerprint density at radius 1 is 1.28 bits per heavy atom. The first-order valence-corrected chi connectivity index (χ1v) is 11.3. The summed E-state index contributed by atoms with van der Waals surface area (Å²) >= 11 is 1.25. The summed E-state index contributed by atoms with van der Waals surface area (Å²) in [6.07, 6.45) is 6.47. The van der Waals surface area contributed by atoms with Gasteiger partial charge in [-0.1, -0.05) is 37.2 Å². The molecule has 1 saturated carbocycles. The van der Waals surface area contributed by atoms with Crippen LogP contribution in [0.3, 0.4) is 0 Å². The number of carboxylic acids is 1. The third-order valence-electron chi connectivity index (χ3n) is 5.89. The van der Waals surface area contributed by atoms with Crippen LogP contribution in [0.2, 0.25) is 0 Å². The number of nitrogens with zero attached hydrogens (tertiary/aromatic N) is 1. The Morgan fingerprint density at radius 3 is 2.55 bits per heavy atom. The molecule has 0 atom stereocenters. The summed E-state index contributed by atoms with van der Waals surface area (Å²) in [5.41, 5.74) is 3.03. The van der Waals surface area contributed by atoms with Crippen LogP contribution in [0, 0.1) is 29.1 Å². The summed E-state index contributed by atoms with van der Waals surface area (Å²) < 4.78 is 0. The third-order valence-corrected chi connectivity index (χ3v) is 6.93. The van der Waals surface area contributed by atoms with E-state index in [9.17, 15) is 14.7 Å². The van der Waals surface area contributed by atoms with Crippen molar-refractivity contribution in [1.82, 2.24) is 4.90 Å². The van der Waals surface area contributed by atoms with E-state index < -0.39 is 5.97 Å². The zero-order chi connectivity index (χ0) is 21.2. The Morgan fingerprint density at radius 2 is 1.97 bits per heavy atom. The summed E-state index contributed by atoms with van der Waals surface area (Å²) in [6, 6.07) is 1.93. The molecule has 3 rings (SSSR count). The summed E-state index contributed by atoms with van der Waals surface area (Å²) in [5, 5.41) is 9.85. The highest BCUT2D eigenvalue weighted by molar-refractivity contribution is 7.14. The SMILES string of the molecule is CC1CCC(C2=C(c3cc(C#CC(C)(C)C)sc3C(=O)O)CN(C=O)CC2)CC1. The predicted molar refractivity (Wildman–Crippen MR) is 118 cm³/mol. The van der Waals surface area contributed by atoms with Crippen LogP contribution in [-0.4, -0.2) is 35.5 Å². The molecule has 1 aromatic heterocycles.